The molecule has 7 nitrogen and oxygen atoms in total. The average molecular weight is 492 g/mol. The number of carbonyl (C=O) groups is 3. The highest BCUT2D eigenvalue weighted by molar-refractivity contribution is 5.83. The summed E-state index contributed by atoms with van der Waals surface area (Å²) in [6.07, 6.45) is -7.33. The Labute approximate surface area is 200 Å². The molecule has 1 aliphatic rings. The molecule has 0 aromatic heterocycles. The minimum absolute atomic E-state index is 0.0569. The van der Waals surface area contributed by atoms with Crippen LogP contribution in [0.15, 0.2) is 48.5 Å². The monoisotopic (exact) mass is 492 g/mol. The zero-order valence-corrected chi connectivity index (χ0v) is 19.3. The van der Waals surface area contributed by atoms with Gasteiger partial charge in [0, 0.05) is 17.9 Å². The first-order valence-electron chi connectivity index (χ1n) is 11.1. The molecule has 10 heteroatoms. The molecule has 0 aliphatic heterocycles. The number of alkyl carbamates (subject to hydrolysis) is 1. The van der Waals surface area contributed by atoms with Gasteiger partial charge in [-0.1, -0.05) is 48.5 Å². The van der Waals surface area contributed by atoms with Gasteiger partial charge in [0.2, 0.25) is 5.91 Å². The van der Waals surface area contributed by atoms with Gasteiger partial charge in [-0.3, -0.25) is 4.79 Å². The van der Waals surface area contributed by atoms with Crippen LogP contribution in [0.5, 0.6) is 0 Å². The highest BCUT2D eigenvalue weighted by atomic mass is 19.4. The molecule has 0 radical (unpaired) electrons. The fraction of sp³-hybridized carbons (Fsp3) is 0.400. The average Bonchev–Trinajstić information content (AvgIpc) is 3.08. The summed E-state index contributed by atoms with van der Waals surface area (Å²) in [5, 5.41) is 13.5. The normalized spacial score (nSPS) is 14.0. The molecule has 0 heterocycles. The molecule has 0 saturated carbocycles. The molecule has 3 N–H and O–H groups in total. The Morgan fingerprint density at radius 2 is 1.54 bits per heavy atom. The lowest BCUT2D eigenvalue weighted by Crippen LogP contribution is -2.46. The van der Waals surface area contributed by atoms with Gasteiger partial charge in [0.25, 0.3) is 0 Å². The second-order valence-electron chi connectivity index (χ2n) is 9.11. The Balaban J connectivity index is 1.52. The molecule has 0 fully saturated rings. The fourth-order valence-corrected chi connectivity index (χ4v) is 4.10. The molecule has 0 saturated heterocycles. The van der Waals surface area contributed by atoms with Crippen molar-refractivity contribution in [2.24, 2.45) is 0 Å². The van der Waals surface area contributed by atoms with E-state index in [-0.39, 0.29) is 25.4 Å². The smallest absolute Gasteiger partial charge is 0.407 e. The lowest BCUT2D eigenvalue weighted by molar-refractivity contribution is -0.160. The van der Waals surface area contributed by atoms with Gasteiger partial charge in [-0.15, -0.1) is 0 Å². The number of hydrogen-bond donors (Lipinski definition) is 3. The molecule has 0 bridgehead atoms. The van der Waals surface area contributed by atoms with Crippen molar-refractivity contribution in [3.8, 4) is 11.1 Å². The first-order valence-corrected chi connectivity index (χ1v) is 11.1. The van der Waals surface area contributed by atoms with E-state index in [1.54, 1.807) is 13.8 Å². The minimum atomic E-state index is -4.73. The zero-order chi connectivity index (χ0) is 25.8. The van der Waals surface area contributed by atoms with E-state index in [0.29, 0.717) is 0 Å². The predicted octanol–water partition coefficient (Wildman–Crippen LogP) is 4.61. The van der Waals surface area contributed by atoms with Gasteiger partial charge in [-0.2, -0.15) is 13.2 Å². The molecule has 2 amide bonds. The Kier molecular flexibility index (Phi) is 7.72. The summed E-state index contributed by atoms with van der Waals surface area (Å²) in [4.78, 5) is 35.5. The van der Waals surface area contributed by atoms with Crippen LogP contribution in [0.2, 0.25) is 0 Å². The van der Waals surface area contributed by atoms with E-state index >= 15 is 0 Å². The third kappa shape index (κ3) is 6.97. The molecule has 2 aromatic carbocycles. The van der Waals surface area contributed by atoms with Crippen LogP contribution >= 0.6 is 0 Å². The van der Waals surface area contributed by atoms with Crippen LogP contribution in [0.25, 0.3) is 11.1 Å². The van der Waals surface area contributed by atoms with Crippen LogP contribution in [-0.4, -0.2) is 47.4 Å². The number of benzene rings is 2. The molecule has 0 spiro atoms. The summed E-state index contributed by atoms with van der Waals surface area (Å²) < 4.78 is 43.0. The fourth-order valence-electron chi connectivity index (χ4n) is 4.10. The highest BCUT2D eigenvalue weighted by Crippen LogP contribution is 2.44. The number of carbonyl (C=O) groups excluding carboxylic acids is 2. The number of ether oxygens (including phenoxy) is 1. The number of rotatable bonds is 9. The molecule has 1 unspecified atom stereocenters. The summed E-state index contributed by atoms with van der Waals surface area (Å²) >= 11 is 0. The first kappa shape index (κ1) is 26.1. The maximum atomic E-state index is 12.5. The van der Waals surface area contributed by atoms with E-state index < -0.39 is 42.1 Å². The molecular weight excluding hydrogens is 465 g/mol. The SMILES string of the molecule is CC(C)(CCC(=O)NC(CC(F)(F)F)C(=O)O)NC(=O)OCC1c2ccccc2-c2ccccc21. The van der Waals surface area contributed by atoms with Crippen LogP contribution in [0.3, 0.4) is 0 Å². The Bertz CT molecular complexity index is 1060. The quantitative estimate of drug-likeness (QED) is 0.474. The lowest BCUT2D eigenvalue weighted by atomic mass is 9.98. The van der Waals surface area contributed by atoms with Crippen molar-refractivity contribution in [3.05, 3.63) is 59.7 Å². The summed E-state index contributed by atoms with van der Waals surface area (Å²) in [6, 6.07) is 13.7. The number of nitrogens with one attached hydrogen (secondary N) is 2. The largest absolute Gasteiger partial charge is 0.480 e. The summed E-state index contributed by atoms with van der Waals surface area (Å²) in [5.41, 5.74) is 3.37. The number of amides is 2. The molecule has 35 heavy (non-hydrogen) atoms. The van der Waals surface area contributed by atoms with Crippen molar-refractivity contribution >= 4 is 18.0 Å². The number of carboxylic acid groups (broad SMARTS) is 1. The highest BCUT2D eigenvalue weighted by Gasteiger charge is 2.36. The van der Waals surface area contributed by atoms with Gasteiger partial charge in [0.05, 0.1) is 6.42 Å². The number of carboxylic acids is 1. The Morgan fingerprint density at radius 1 is 1.00 bits per heavy atom. The molecule has 1 aliphatic carbocycles. The lowest BCUT2D eigenvalue weighted by Gasteiger charge is -2.26. The van der Waals surface area contributed by atoms with Crippen molar-refractivity contribution in [1.82, 2.24) is 10.6 Å². The van der Waals surface area contributed by atoms with Crippen molar-refractivity contribution in [1.29, 1.82) is 0 Å². The van der Waals surface area contributed by atoms with E-state index in [2.05, 4.69) is 5.32 Å². The summed E-state index contributed by atoms with van der Waals surface area (Å²) in [5.74, 6) is -2.75. The second kappa shape index (κ2) is 10.4. The van der Waals surface area contributed by atoms with Gasteiger partial charge >= 0.3 is 18.2 Å². The Hall–Kier alpha value is -3.56. The van der Waals surface area contributed by atoms with E-state index in [1.807, 2.05) is 53.8 Å². The molecule has 188 valence electrons. The van der Waals surface area contributed by atoms with E-state index in [1.165, 1.54) is 0 Å². The maximum Gasteiger partial charge on any atom is 0.407 e. The molecular formula is C25H27F3N2O5. The Morgan fingerprint density at radius 3 is 2.06 bits per heavy atom. The van der Waals surface area contributed by atoms with Gasteiger partial charge in [-0.25, -0.2) is 9.59 Å². The van der Waals surface area contributed by atoms with Gasteiger partial charge in [0.1, 0.15) is 12.6 Å². The number of alkyl halides is 3. The maximum absolute atomic E-state index is 12.5. The van der Waals surface area contributed by atoms with Crippen LogP contribution in [-0.2, 0) is 14.3 Å². The molecule has 2 aromatic rings. The van der Waals surface area contributed by atoms with Crippen LogP contribution in [0.4, 0.5) is 18.0 Å². The first-order chi connectivity index (χ1) is 16.4. The van der Waals surface area contributed by atoms with Crippen LogP contribution in [0.1, 0.15) is 50.2 Å². The van der Waals surface area contributed by atoms with Crippen molar-refractivity contribution in [2.45, 2.75) is 56.8 Å². The molecule has 1 atom stereocenters. The van der Waals surface area contributed by atoms with E-state index in [9.17, 15) is 27.6 Å². The number of fused-ring (bicyclic) bond motifs is 3. The van der Waals surface area contributed by atoms with Gasteiger partial charge in [0.15, 0.2) is 0 Å². The number of aliphatic carboxylic acids is 1. The summed E-state index contributed by atoms with van der Waals surface area (Å²) in [6.45, 7) is 3.37. The number of hydrogen-bond acceptors (Lipinski definition) is 4. The van der Waals surface area contributed by atoms with Crippen molar-refractivity contribution in [3.63, 3.8) is 0 Å². The molecule has 3 rings (SSSR count). The van der Waals surface area contributed by atoms with Crippen molar-refractivity contribution < 1.29 is 37.4 Å². The number of halogens is 3. The second-order valence-corrected chi connectivity index (χ2v) is 9.11. The van der Waals surface area contributed by atoms with E-state index in [4.69, 9.17) is 9.84 Å². The van der Waals surface area contributed by atoms with Gasteiger partial charge in [-0.05, 0) is 42.5 Å². The van der Waals surface area contributed by atoms with Crippen LogP contribution < -0.4 is 10.6 Å². The minimum Gasteiger partial charge on any atom is -0.480 e. The zero-order valence-electron chi connectivity index (χ0n) is 19.3. The predicted molar refractivity (Wildman–Crippen MR) is 122 cm³/mol. The van der Waals surface area contributed by atoms with Gasteiger partial charge < -0.3 is 20.5 Å². The summed E-state index contributed by atoms with van der Waals surface area (Å²) in [7, 11) is 0. The topological polar surface area (TPSA) is 105 Å². The van der Waals surface area contributed by atoms with Crippen molar-refractivity contribution in [2.75, 3.05) is 6.61 Å². The van der Waals surface area contributed by atoms with E-state index in [0.717, 1.165) is 22.3 Å². The standard InChI is InChI=1S/C25H27F3N2O5/c1-24(2,12-11-21(31)29-20(22(32)33)13-25(26,27)28)30-23(34)35-14-19-17-9-5-3-7-15(17)16-8-4-6-10-18(16)19/h3-10,19-20H,11-14H2,1-2H3,(H,29,31)(H,30,34)(H,32,33). The third-order valence-electron chi connectivity index (χ3n) is 5.83. The van der Waals surface area contributed by atoms with Crippen LogP contribution in [0, 0.1) is 0 Å². The third-order valence-corrected chi connectivity index (χ3v) is 5.83.